The van der Waals surface area contributed by atoms with Gasteiger partial charge in [0.25, 0.3) is 0 Å². The molecule has 0 fully saturated rings. The molecule has 1 aliphatic heterocycles. The van der Waals surface area contributed by atoms with E-state index in [2.05, 4.69) is 11.7 Å². The van der Waals surface area contributed by atoms with E-state index in [4.69, 9.17) is 5.73 Å². The molecule has 3 N–H and O–H groups in total. The minimum atomic E-state index is -4.76. The third kappa shape index (κ3) is 15.4. The van der Waals surface area contributed by atoms with Crippen molar-refractivity contribution in [3.05, 3.63) is 89.4 Å². The molecule has 3 rings (SSSR count). The van der Waals surface area contributed by atoms with Crippen molar-refractivity contribution < 1.29 is 32.2 Å². The smallest absolute Gasteiger partial charge is 0.478 e. The first-order valence-corrected chi connectivity index (χ1v) is 16.0. The molecule has 1 unspecified atom stereocenters. The molecule has 238 valence electrons. The Bertz CT molecular complexity index is 1110. The Morgan fingerprint density at radius 1 is 0.930 bits per heavy atom. The molecule has 0 amide bonds. The van der Waals surface area contributed by atoms with Gasteiger partial charge in [-0.15, -0.1) is 24.9 Å². The maximum absolute atomic E-state index is 13.0. The Balaban J connectivity index is 0.000000499. The van der Waals surface area contributed by atoms with Crippen molar-refractivity contribution >= 4 is 17.7 Å². The number of aliphatic carboxylic acids is 1. The summed E-state index contributed by atoms with van der Waals surface area (Å²) in [5.74, 6) is -0.949. The van der Waals surface area contributed by atoms with Gasteiger partial charge in [-0.1, -0.05) is 76.1 Å². The quantitative estimate of drug-likeness (QED) is 0.135. The standard InChI is InChI=1S/C23H21F4NO3S.C10H23N/c24-18-9-5-16(6-10-18)3-2-14-32-21-20(22(29)30)4-1-13-28(21)15-17-7-11-19(12-8-17)31-23(25,26)27;1-2-3-4-5-6-7-8-9-10-11/h1,4-13,21H,2-3,14-15H2,(H,29,30);2-11H2,1H3. The number of nitrogens with two attached hydrogens (primary N) is 1. The molecule has 2 aromatic carbocycles. The number of carbonyl (C=O) groups is 1. The number of carboxylic acid groups (broad SMARTS) is 1. The van der Waals surface area contributed by atoms with Gasteiger partial charge in [-0.05, 0) is 79.1 Å². The van der Waals surface area contributed by atoms with Gasteiger partial charge in [0.15, 0.2) is 0 Å². The number of hydrogen-bond acceptors (Lipinski definition) is 5. The molecule has 43 heavy (non-hydrogen) atoms. The molecule has 1 atom stereocenters. The van der Waals surface area contributed by atoms with Crippen molar-refractivity contribution in [2.45, 2.75) is 89.4 Å². The second-order valence-corrected chi connectivity index (χ2v) is 11.5. The lowest BCUT2D eigenvalue weighted by Gasteiger charge is -2.33. The molecule has 10 heteroatoms. The fourth-order valence-electron chi connectivity index (χ4n) is 4.50. The van der Waals surface area contributed by atoms with E-state index in [0.29, 0.717) is 17.9 Å². The van der Waals surface area contributed by atoms with Gasteiger partial charge >= 0.3 is 12.3 Å². The average molecular weight is 625 g/mol. The van der Waals surface area contributed by atoms with Crippen LogP contribution in [0.3, 0.4) is 0 Å². The number of rotatable bonds is 17. The lowest BCUT2D eigenvalue weighted by molar-refractivity contribution is -0.274. The van der Waals surface area contributed by atoms with Crippen LogP contribution >= 0.6 is 11.8 Å². The van der Waals surface area contributed by atoms with Crippen molar-refractivity contribution in [3.63, 3.8) is 0 Å². The molecule has 0 radical (unpaired) electrons. The molecule has 0 aromatic heterocycles. The van der Waals surface area contributed by atoms with E-state index in [1.165, 1.54) is 99.5 Å². The van der Waals surface area contributed by atoms with Crippen molar-refractivity contribution in [1.29, 1.82) is 0 Å². The Hall–Kier alpha value is -2.98. The normalized spacial score (nSPS) is 14.6. The number of alkyl halides is 3. The Morgan fingerprint density at radius 3 is 2.12 bits per heavy atom. The minimum Gasteiger partial charge on any atom is -0.478 e. The predicted molar refractivity (Wildman–Crippen MR) is 166 cm³/mol. The van der Waals surface area contributed by atoms with Crippen LogP contribution in [0.5, 0.6) is 5.75 Å². The zero-order chi connectivity index (χ0) is 31.5. The largest absolute Gasteiger partial charge is 0.573 e. The van der Waals surface area contributed by atoms with Crippen molar-refractivity contribution in [2.75, 3.05) is 12.3 Å². The zero-order valence-corrected chi connectivity index (χ0v) is 25.6. The number of aryl methyl sites for hydroxylation is 1. The van der Waals surface area contributed by atoms with Crippen LogP contribution in [0.2, 0.25) is 0 Å². The topological polar surface area (TPSA) is 75.8 Å². The van der Waals surface area contributed by atoms with Crippen LogP contribution in [-0.4, -0.2) is 40.0 Å². The predicted octanol–water partition coefficient (Wildman–Crippen LogP) is 8.84. The molecule has 0 spiro atoms. The molecule has 0 saturated heterocycles. The van der Waals surface area contributed by atoms with Crippen LogP contribution in [0.15, 0.2) is 72.5 Å². The van der Waals surface area contributed by atoms with Crippen LogP contribution in [0.25, 0.3) is 0 Å². The van der Waals surface area contributed by atoms with Gasteiger partial charge in [0, 0.05) is 12.7 Å². The molecule has 0 bridgehead atoms. The highest BCUT2D eigenvalue weighted by atomic mass is 32.2. The molecular formula is C33H44F4N2O3S. The Morgan fingerprint density at radius 2 is 1.53 bits per heavy atom. The third-order valence-electron chi connectivity index (χ3n) is 6.75. The Labute approximate surface area is 257 Å². The van der Waals surface area contributed by atoms with Crippen LogP contribution in [0, 0.1) is 5.82 Å². The number of ether oxygens (including phenoxy) is 1. The first kappa shape index (κ1) is 36.2. The Kier molecular flexibility index (Phi) is 16.9. The highest BCUT2D eigenvalue weighted by Gasteiger charge is 2.31. The van der Waals surface area contributed by atoms with Crippen LogP contribution in [-0.2, 0) is 17.8 Å². The van der Waals surface area contributed by atoms with Crippen LogP contribution in [0.1, 0.15) is 75.8 Å². The summed E-state index contributed by atoms with van der Waals surface area (Å²) in [4.78, 5) is 13.6. The van der Waals surface area contributed by atoms with Crippen molar-refractivity contribution in [3.8, 4) is 5.75 Å². The number of unbranched alkanes of at least 4 members (excludes halogenated alkanes) is 7. The van der Waals surface area contributed by atoms with Gasteiger partial charge in [-0.3, -0.25) is 0 Å². The third-order valence-corrected chi connectivity index (χ3v) is 8.11. The summed E-state index contributed by atoms with van der Waals surface area (Å²) in [6.45, 7) is 3.45. The number of allylic oxidation sites excluding steroid dienone is 2. The summed E-state index contributed by atoms with van der Waals surface area (Å²) in [6.07, 6.45) is 12.7. The maximum Gasteiger partial charge on any atom is 0.573 e. The van der Waals surface area contributed by atoms with Crippen molar-refractivity contribution in [1.82, 2.24) is 4.90 Å². The fourth-order valence-corrected chi connectivity index (χ4v) is 5.73. The van der Waals surface area contributed by atoms with E-state index >= 15 is 0 Å². The second-order valence-electron chi connectivity index (χ2n) is 10.3. The molecule has 2 aromatic rings. The summed E-state index contributed by atoms with van der Waals surface area (Å²) in [7, 11) is 0. The van der Waals surface area contributed by atoms with E-state index in [1.54, 1.807) is 30.5 Å². The number of carboxylic acids is 1. The summed E-state index contributed by atoms with van der Waals surface area (Å²) in [5.41, 5.74) is 7.34. The summed E-state index contributed by atoms with van der Waals surface area (Å²) in [5, 5.41) is 9.15. The van der Waals surface area contributed by atoms with E-state index in [9.17, 15) is 27.5 Å². The van der Waals surface area contributed by atoms with Crippen LogP contribution < -0.4 is 10.5 Å². The van der Waals surface area contributed by atoms with E-state index in [-0.39, 0.29) is 17.1 Å². The molecule has 0 aliphatic carbocycles. The first-order valence-electron chi connectivity index (χ1n) is 14.9. The van der Waals surface area contributed by atoms with Gasteiger partial charge in [0.1, 0.15) is 16.9 Å². The van der Waals surface area contributed by atoms with E-state index in [1.807, 2.05) is 4.90 Å². The van der Waals surface area contributed by atoms with Gasteiger partial charge in [-0.2, -0.15) is 0 Å². The van der Waals surface area contributed by atoms with Gasteiger partial charge in [-0.25, -0.2) is 9.18 Å². The van der Waals surface area contributed by atoms with Gasteiger partial charge in [0.2, 0.25) is 0 Å². The number of nitrogens with zero attached hydrogens (tertiary/aromatic N) is 1. The molecule has 5 nitrogen and oxygen atoms in total. The molecule has 0 saturated carbocycles. The van der Waals surface area contributed by atoms with E-state index < -0.39 is 17.7 Å². The highest BCUT2D eigenvalue weighted by Crippen LogP contribution is 2.30. The number of thioether (sulfide) groups is 1. The fraction of sp³-hybridized carbons (Fsp3) is 0.485. The highest BCUT2D eigenvalue weighted by molar-refractivity contribution is 8.00. The van der Waals surface area contributed by atoms with Gasteiger partial charge in [0.05, 0.1) is 5.57 Å². The lowest BCUT2D eigenvalue weighted by atomic mass is 10.1. The lowest BCUT2D eigenvalue weighted by Crippen LogP contribution is -2.34. The second kappa shape index (κ2) is 20.1. The molecular weight excluding hydrogens is 580 g/mol. The van der Waals surface area contributed by atoms with E-state index in [0.717, 1.165) is 24.9 Å². The average Bonchev–Trinajstić information content (AvgIpc) is 2.97. The zero-order valence-electron chi connectivity index (χ0n) is 24.8. The van der Waals surface area contributed by atoms with Gasteiger partial charge < -0.3 is 20.5 Å². The molecule has 1 aliphatic rings. The summed E-state index contributed by atoms with van der Waals surface area (Å²) in [6, 6.07) is 11.8. The number of benzene rings is 2. The maximum atomic E-state index is 13.0. The first-order chi connectivity index (χ1) is 20.6. The summed E-state index contributed by atoms with van der Waals surface area (Å²) >= 11 is 1.47. The number of halogens is 4. The minimum absolute atomic E-state index is 0.233. The molecule has 1 heterocycles. The van der Waals surface area contributed by atoms with Crippen molar-refractivity contribution in [2.24, 2.45) is 5.73 Å². The van der Waals surface area contributed by atoms with Crippen LogP contribution in [0.4, 0.5) is 17.6 Å². The number of hydrogen-bond donors (Lipinski definition) is 2. The SMILES string of the molecule is CCCCCCCCCCN.O=C(O)C1=CC=CN(Cc2ccc(OC(F)(F)F)cc2)C1SCCCc1ccc(F)cc1. The monoisotopic (exact) mass is 624 g/mol. The summed E-state index contributed by atoms with van der Waals surface area (Å²) < 4.78 is 53.9.